The van der Waals surface area contributed by atoms with Crippen LogP contribution in [0.2, 0.25) is 0 Å². The average molecular weight is 210 g/mol. The summed E-state index contributed by atoms with van der Waals surface area (Å²) in [6.07, 6.45) is 2.69. The topological polar surface area (TPSA) is 49.4 Å². The van der Waals surface area contributed by atoms with Crippen molar-refractivity contribution in [2.24, 2.45) is 5.92 Å². The minimum atomic E-state index is 0.172. The minimum Gasteiger partial charge on any atom is -0.354 e. The average Bonchev–Trinajstić information content (AvgIpc) is 2.58. The lowest BCUT2D eigenvalue weighted by atomic mass is 9.91. The first-order valence-corrected chi connectivity index (χ1v) is 5.69. The summed E-state index contributed by atoms with van der Waals surface area (Å²) in [6.45, 7) is 4.23. The molecule has 2 rings (SSSR count). The van der Waals surface area contributed by atoms with Crippen LogP contribution in [0, 0.1) is 5.92 Å². The zero-order chi connectivity index (χ0) is 10.8. The van der Waals surface area contributed by atoms with Gasteiger partial charge in [0.2, 0.25) is 5.91 Å². The fourth-order valence-corrected chi connectivity index (χ4v) is 2.62. The number of fused-ring (bicyclic) bond motifs is 1. The van der Waals surface area contributed by atoms with Crippen LogP contribution in [0.4, 0.5) is 0 Å². The molecular formula is C11H18N2O2. The number of hydrogen-bond acceptors (Lipinski definition) is 3. The molecule has 2 saturated heterocycles. The first-order valence-electron chi connectivity index (χ1n) is 5.69. The lowest BCUT2D eigenvalue weighted by Crippen LogP contribution is -2.46. The monoisotopic (exact) mass is 210 g/mol. The van der Waals surface area contributed by atoms with Gasteiger partial charge in [-0.25, -0.2) is 0 Å². The van der Waals surface area contributed by atoms with E-state index in [1.807, 2.05) is 0 Å². The molecule has 0 spiro atoms. The van der Waals surface area contributed by atoms with Gasteiger partial charge in [-0.05, 0) is 26.3 Å². The predicted molar refractivity (Wildman–Crippen MR) is 56.4 cm³/mol. The second-order valence-electron chi connectivity index (χ2n) is 4.55. The highest BCUT2D eigenvalue weighted by Gasteiger charge is 2.40. The molecule has 84 valence electrons. The lowest BCUT2D eigenvalue weighted by Gasteiger charge is -2.35. The Kier molecular flexibility index (Phi) is 3.05. The third kappa shape index (κ3) is 2.20. The maximum Gasteiger partial charge on any atom is 0.224 e. The van der Waals surface area contributed by atoms with E-state index >= 15 is 0 Å². The molecule has 2 atom stereocenters. The van der Waals surface area contributed by atoms with E-state index in [0.717, 1.165) is 32.5 Å². The van der Waals surface area contributed by atoms with Gasteiger partial charge in [-0.2, -0.15) is 0 Å². The van der Waals surface area contributed by atoms with Crippen molar-refractivity contribution in [1.82, 2.24) is 10.2 Å². The molecule has 0 bridgehead atoms. The Morgan fingerprint density at radius 3 is 3.13 bits per heavy atom. The zero-order valence-corrected chi connectivity index (χ0v) is 9.16. The molecule has 2 aliphatic heterocycles. The van der Waals surface area contributed by atoms with Crippen molar-refractivity contribution in [3.8, 4) is 0 Å². The Hall–Kier alpha value is -0.900. The van der Waals surface area contributed by atoms with Crippen LogP contribution in [0.1, 0.15) is 26.2 Å². The molecule has 0 radical (unpaired) electrons. The van der Waals surface area contributed by atoms with E-state index in [4.69, 9.17) is 0 Å². The maximum atomic E-state index is 11.5. The molecule has 2 fully saturated rings. The fraction of sp³-hybridized carbons (Fsp3) is 0.818. The summed E-state index contributed by atoms with van der Waals surface area (Å²) >= 11 is 0. The highest BCUT2D eigenvalue weighted by atomic mass is 16.2. The van der Waals surface area contributed by atoms with Gasteiger partial charge < -0.3 is 5.32 Å². The van der Waals surface area contributed by atoms with E-state index in [0.29, 0.717) is 12.5 Å². The molecule has 1 amide bonds. The van der Waals surface area contributed by atoms with E-state index in [2.05, 4.69) is 10.2 Å². The highest BCUT2D eigenvalue weighted by Crippen LogP contribution is 2.27. The molecule has 15 heavy (non-hydrogen) atoms. The van der Waals surface area contributed by atoms with Crippen molar-refractivity contribution in [2.45, 2.75) is 32.2 Å². The van der Waals surface area contributed by atoms with E-state index < -0.39 is 0 Å². The molecule has 0 saturated carbocycles. The van der Waals surface area contributed by atoms with Gasteiger partial charge >= 0.3 is 0 Å². The number of rotatable bonds is 3. The smallest absolute Gasteiger partial charge is 0.224 e. The van der Waals surface area contributed by atoms with Gasteiger partial charge in [-0.1, -0.05) is 0 Å². The van der Waals surface area contributed by atoms with Gasteiger partial charge in [0.25, 0.3) is 0 Å². The number of nitrogens with one attached hydrogen (secondary N) is 1. The second-order valence-corrected chi connectivity index (χ2v) is 4.55. The normalized spacial score (nSPS) is 31.1. The molecule has 0 aromatic carbocycles. The Bertz CT molecular complexity index is 278. The number of amides is 1. The summed E-state index contributed by atoms with van der Waals surface area (Å²) in [5, 5.41) is 2.91. The molecule has 2 heterocycles. The Morgan fingerprint density at radius 1 is 1.60 bits per heavy atom. The maximum absolute atomic E-state index is 11.5. The minimum absolute atomic E-state index is 0.172. The van der Waals surface area contributed by atoms with Crippen LogP contribution in [0.15, 0.2) is 0 Å². The van der Waals surface area contributed by atoms with Crippen LogP contribution >= 0.6 is 0 Å². The Morgan fingerprint density at radius 2 is 2.40 bits per heavy atom. The first kappa shape index (κ1) is 10.6. The van der Waals surface area contributed by atoms with Crippen molar-refractivity contribution in [3.63, 3.8) is 0 Å². The molecular weight excluding hydrogens is 192 g/mol. The van der Waals surface area contributed by atoms with Crippen LogP contribution in [0.5, 0.6) is 0 Å². The summed E-state index contributed by atoms with van der Waals surface area (Å²) < 4.78 is 0. The Balaban J connectivity index is 1.94. The van der Waals surface area contributed by atoms with Crippen molar-refractivity contribution < 1.29 is 9.59 Å². The van der Waals surface area contributed by atoms with E-state index in [9.17, 15) is 9.59 Å². The first-order chi connectivity index (χ1) is 7.18. The summed E-state index contributed by atoms with van der Waals surface area (Å²) in [6, 6.07) is 0.339. The van der Waals surface area contributed by atoms with Crippen LogP contribution in [0.3, 0.4) is 0 Å². The van der Waals surface area contributed by atoms with Gasteiger partial charge in [0.05, 0.1) is 5.92 Å². The van der Waals surface area contributed by atoms with Gasteiger partial charge in [0, 0.05) is 25.6 Å². The molecule has 0 aliphatic carbocycles. The molecule has 0 aromatic rings. The van der Waals surface area contributed by atoms with Crippen LogP contribution in [0.25, 0.3) is 0 Å². The SMILES string of the molecule is CC(=O)CCN1CCCC2C(=O)NCC21. The zero-order valence-electron chi connectivity index (χ0n) is 9.16. The number of nitrogens with zero attached hydrogens (tertiary/aromatic N) is 1. The summed E-state index contributed by atoms with van der Waals surface area (Å²) in [7, 11) is 0. The third-order valence-electron chi connectivity index (χ3n) is 3.47. The lowest BCUT2D eigenvalue weighted by molar-refractivity contribution is -0.124. The third-order valence-corrected chi connectivity index (χ3v) is 3.47. The molecule has 4 nitrogen and oxygen atoms in total. The second kappa shape index (κ2) is 4.31. The quantitative estimate of drug-likeness (QED) is 0.722. The van der Waals surface area contributed by atoms with E-state index in [1.54, 1.807) is 6.92 Å². The highest BCUT2D eigenvalue weighted by molar-refractivity contribution is 5.82. The predicted octanol–water partition coefficient (Wildman–Crippen LogP) is 0.176. The molecule has 1 N–H and O–H groups in total. The molecule has 0 aromatic heterocycles. The fourth-order valence-electron chi connectivity index (χ4n) is 2.62. The van der Waals surface area contributed by atoms with Crippen LogP contribution in [-0.2, 0) is 9.59 Å². The van der Waals surface area contributed by atoms with Crippen molar-refractivity contribution in [3.05, 3.63) is 0 Å². The standard InChI is InChI=1S/C11H18N2O2/c1-8(14)4-6-13-5-2-3-9-10(13)7-12-11(9)15/h9-10H,2-7H2,1H3,(H,12,15). The number of carbonyl (C=O) groups excluding carboxylic acids is 2. The van der Waals surface area contributed by atoms with Crippen molar-refractivity contribution in [2.75, 3.05) is 19.6 Å². The van der Waals surface area contributed by atoms with Crippen LogP contribution in [-0.4, -0.2) is 42.3 Å². The summed E-state index contributed by atoms with van der Waals surface area (Å²) in [5.41, 5.74) is 0. The molecule has 2 unspecified atom stereocenters. The van der Waals surface area contributed by atoms with Crippen molar-refractivity contribution >= 4 is 11.7 Å². The number of carbonyl (C=O) groups is 2. The van der Waals surface area contributed by atoms with E-state index in [1.165, 1.54) is 0 Å². The van der Waals surface area contributed by atoms with Crippen molar-refractivity contribution in [1.29, 1.82) is 0 Å². The number of likely N-dealkylation sites (tertiary alicyclic amines) is 1. The molecule has 4 heteroatoms. The number of hydrogen-bond donors (Lipinski definition) is 1. The largest absolute Gasteiger partial charge is 0.354 e. The van der Waals surface area contributed by atoms with Gasteiger partial charge in [0.1, 0.15) is 5.78 Å². The summed E-state index contributed by atoms with van der Waals surface area (Å²) in [4.78, 5) is 24.7. The molecule has 2 aliphatic rings. The number of ketones is 1. The van der Waals surface area contributed by atoms with Gasteiger partial charge in [0.15, 0.2) is 0 Å². The van der Waals surface area contributed by atoms with Gasteiger partial charge in [-0.15, -0.1) is 0 Å². The number of Topliss-reactive ketones (excluding diaryl/α,β-unsaturated/α-hetero) is 1. The number of piperidine rings is 1. The van der Waals surface area contributed by atoms with E-state index in [-0.39, 0.29) is 17.6 Å². The Labute approximate surface area is 90.0 Å². The van der Waals surface area contributed by atoms with Crippen LogP contribution < -0.4 is 5.32 Å². The van der Waals surface area contributed by atoms with Gasteiger partial charge in [-0.3, -0.25) is 14.5 Å². The summed E-state index contributed by atoms with van der Waals surface area (Å²) in [5.74, 6) is 0.604.